The highest BCUT2D eigenvalue weighted by Gasteiger charge is 2.44. The van der Waals surface area contributed by atoms with E-state index in [1.54, 1.807) is 6.20 Å². The summed E-state index contributed by atoms with van der Waals surface area (Å²) in [5.74, 6) is 0.702. The standard InChI is InChI=1S/C16H29ClN4/c1-5-9-21-14(13(17)11-19-21)15(18)16(20(3)4)8-6-7-12(2)10-16/h11-12,15H,5-10,18H2,1-4H3. The van der Waals surface area contributed by atoms with Crippen molar-refractivity contribution in [2.24, 2.45) is 11.7 Å². The maximum atomic E-state index is 6.76. The van der Waals surface area contributed by atoms with Crippen molar-refractivity contribution in [2.75, 3.05) is 14.1 Å². The molecule has 21 heavy (non-hydrogen) atoms. The molecule has 1 aromatic heterocycles. The molecule has 1 heterocycles. The summed E-state index contributed by atoms with van der Waals surface area (Å²) in [6.07, 6.45) is 7.54. The number of rotatable bonds is 5. The minimum absolute atomic E-state index is 0.0210. The summed E-state index contributed by atoms with van der Waals surface area (Å²) in [5.41, 5.74) is 7.74. The van der Waals surface area contributed by atoms with Crippen LogP contribution in [0.3, 0.4) is 0 Å². The van der Waals surface area contributed by atoms with E-state index in [0.717, 1.165) is 31.5 Å². The molecule has 120 valence electrons. The molecule has 0 bridgehead atoms. The third-order valence-corrected chi connectivity index (χ3v) is 5.33. The lowest BCUT2D eigenvalue weighted by atomic mass is 9.70. The Hall–Kier alpha value is -0.580. The summed E-state index contributed by atoms with van der Waals surface area (Å²) in [6.45, 7) is 5.35. The fraction of sp³-hybridized carbons (Fsp3) is 0.812. The number of aryl methyl sites for hydroxylation is 1. The van der Waals surface area contributed by atoms with Gasteiger partial charge in [-0.3, -0.25) is 4.68 Å². The summed E-state index contributed by atoms with van der Waals surface area (Å²) in [5, 5.41) is 5.12. The Morgan fingerprint density at radius 3 is 2.86 bits per heavy atom. The zero-order valence-electron chi connectivity index (χ0n) is 13.8. The molecule has 0 radical (unpaired) electrons. The molecule has 3 unspecified atom stereocenters. The summed E-state index contributed by atoms with van der Waals surface area (Å²) < 4.78 is 2.00. The summed E-state index contributed by atoms with van der Waals surface area (Å²) >= 11 is 6.42. The maximum Gasteiger partial charge on any atom is 0.0834 e. The molecule has 0 aliphatic heterocycles. The second kappa shape index (κ2) is 6.67. The molecular weight excluding hydrogens is 284 g/mol. The minimum atomic E-state index is -0.100. The molecule has 0 saturated heterocycles. The largest absolute Gasteiger partial charge is 0.321 e. The number of halogens is 1. The number of hydrogen-bond acceptors (Lipinski definition) is 3. The van der Waals surface area contributed by atoms with Gasteiger partial charge in [0.25, 0.3) is 0 Å². The van der Waals surface area contributed by atoms with Gasteiger partial charge in [-0.2, -0.15) is 5.10 Å². The van der Waals surface area contributed by atoms with E-state index < -0.39 is 0 Å². The van der Waals surface area contributed by atoms with Crippen molar-refractivity contribution >= 4 is 11.6 Å². The van der Waals surface area contributed by atoms with Crippen LogP contribution >= 0.6 is 11.6 Å². The Labute approximate surface area is 133 Å². The van der Waals surface area contributed by atoms with Gasteiger partial charge in [-0.25, -0.2) is 0 Å². The first kappa shape index (κ1) is 16.8. The SMILES string of the molecule is CCCn1ncc(Cl)c1C(N)C1(N(C)C)CCCC(C)C1. The van der Waals surface area contributed by atoms with Gasteiger partial charge in [-0.15, -0.1) is 0 Å². The van der Waals surface area contributed by atoms with Crippen LogP contribution in [0.2, 0.25) is 5.02 Å². The van der Waals surface area contributed by atoms with Crippen molar-refractivity contribution in [3.05, 3.63) is 16.9 Å². The van der Waals surface area contributed by atoms with E-state index in [2.05, 4.69) is 37.9 Å². The molecule has 5 heteroatoms. The molecule has 0 aromatic carbocycles. The lowest BCUT2D eigenvalue weighted by Gasteiger charge is -2.49. The van der Waals surface area contributed by atoms with E-state index in [4.69, 9.17) is 17.3 Å². The lowest BCUT2D eigenvalue weighted by Crippen LogP contribution is -2.55. The number of nitrogens with zero attached hydrogens (tertiary/aromatic N) is 3. The van der Waals surface area contributed by atoms with Gasteiger partial charge in [0, 0.05) is 12.1 Å². The van der Waals surface area contributed by atoms with Crippen LogP contribution in [-0.4, -0.2) is 34.3 Å². The normalized spacial score (nSPS) is 28.0. The van der Waals surface area contributed by atoms with Crippen molar-refractivity contribution in [1.82, 2.24) is 14.7 Å². The molecule has 1 fully saturated rings. The fourth-order valence-corrected chi connectivity index (χ4v) is 4.12. The van der Waals surface area contributed by atoms with Crippen molar-refractivity contribution in [2.45, 2.75) is 64.1 Å². The Kier molecular flexibility index (Phi) is 5.33. The topological polar surface area (TPSA) is 47.1 Å². The van der Waals surface area contributed by atoms with Gasteiger partial charge >= 0.3 is 0 Å². The third kappa shape index (κ3) is 3.13. The smallest absolute Gasteiger partial charge is 0.0834 e. The molecule has 1 saturated carbocycles. The first-order chi connectivity index (χ1) is 9.92. The van der Waals surface area contributed by atoms with Crippen molar-refractivity contribution in [1.29, 1.82) is 0 Å². The predicted molar refractivity (Wildman–Crippen MR) is 88.5 cm³/mol. The van der Waals surface area contributed by atoms with E-state index in [1.165, 1.54) is 12.8 Å². The quantitative estimate of drug-likeness (QED) is 0.905. The predicted octanol–water partition coefficient (Wildman–Crippen LogP) is 3.46. The fourth-order valence-electron chi connectivity index (χ4n) is 3.86. The van der Waals surface area contributed by atoms with E-state index in [9.17, 15) is 0 Å². The first-order valence-electron chi connectivity index (χ1n) is 8.06. The number of nitrogens with two attached hydrogens (primary N) is 1. The third-order valence-electron chi connectivity index (χ3n) is 5.04. The Balaban J connectivity index is 2.39. The van der Waals surface area contributed by atoms with Crippen LogP contribution in [0.15, 0.2) is 6.20 Å². The van der Waals surface area contributed by atoms with Crippen LogP contribution in [0.5, 0.6) is 0 Å². The molecular formula is C16H29ClN4. The molecule has 1 aromatic rings. The second-order valence-electron chi connectivity index (χ2n) is 6.78. The average Bonchev–Trinajstić information content (AvgIpc) is 2.79. The van der Waals surface area contributed by atoms with Crippen molar-refractivity contribution in [3.8, 4) is 0 Å². The average molecular weight is 313 g/mol. The van der Waals surface area contributed by atoms with E-state index in [0.29, 0.717) is 10.9 Å². The van der Waals surface area contributed by atoms with Crippen LogP contribution in [0.25, 0.3) is 0 Å². The van der Waals surface area contributed by atoms with Gasteiger partial charge in [-0.1, -0.05) is 38.3 Å². The summed E-state index contributed by atoms with van der Waals surface area (Å²) in [7, 11) is 4.29. The molecule has 1 aliphatic carbocycles. The van der Waals surface area contributed by atoms with Crippen LogP contribution in [-0.2, 0) is 6.54 Å². The number of likely N-dealkylation sites (N-methyl/N-ethyl adjacent to an activating group) is 1. The van der Waals surface area contributed by atoms with Crippen LogP contribution < -0.4 is 5.73 Å². The monoisotopic (exact) mass is 312 g/mol. The van der Waals surface area contributed by atoms with Crippen LogP contribution in [0.1, 0.15) is 57.7 Å². The minimum Gasteiger partial charge on any atom is -0.321 e. The Bertz CT molecular complexity index is 471. The van der Waals surface area contributed by atoms with E-state index >= 15 is 0 Å². The van der Waals surface area contributed by atoms with Crippen LogP contribution in [0, 0.1) is 5.92 Å². The van der Waals surface area contributed by atoms with Crippen LogP contribution in [0.4, 0.5) is 0 Å². The van der Waals surface area contributed by atoms with Gasteiger partial charge in [0.2, 0.25) is 0 Å². The number of hydrogen-bond donors (Lipinski definition) is 1. The molecule has 4 nitrogen and oxygen atoms in total. The number of aromatic nitrogens is 2. The lowest BCUT2D eigenvalue weighted by molar-refractivity contribution is 0.0472. The molecule has 2 rings (SSSR count). The summed E-state index contributed by atoms with van der Waals surface area (Å²) in [6, 6.07) is -0.100. The molecule has 1 aliphatic rings. The first-order valence-corrected chi connectivity index (χ1v) is 8.44. The Morgan fingerprint density at radius 1 is 1.57 bits per heavy atom. The van der Waals surface area contributed by atoms with E-state index in [1.807, 2.05) is 4.68 Å². The zero-order chi connectivity index (χ0) is 15.6. The highest BCUT2D eigenvalue weighted by molar-refractivity contribution is 6.31. The van der Waals surface area contributed by atoms with Gasteiger partial charge in [0.15, 0.2) is 0 Å². The molecule has 3 atom stereocenters. The highest BCUT2D eigenvalue weighted by Crippen LogP contribution is 2.44. The van der Waals surface area contributed by atoms with E-state index in [-0.39, 0.29) is 11.6 Å². The van der Waals surface area contributed by atoms with Gasteiger partial charge in [0.05, 0.1) is 23.0 Å². The molecule has 0 amide bonds. The Morgan fingerprint density at radius 2 is 2.29 bits per heavy atom. The van der Waals surface area contributed by atoms with Gasteiger partial charge < -0.3 is 10.6 Å². The second-order valence-corrected chi connectivity index (χ2v) is 7.19. The summed E-state index contributed by atoms with van der Waals surface area (Å²) in [4.78, 5) is 2.31. The van der Waals surface area contributed by atoms with Gasteiger partial charge in [0.1, 0.15) is 0 Å². The van der Waals surface area contributed by atoms with Crippen molar-refractivity contribution < 1.29 is 0 Å². The molecule has 0 spiro atoms. The van der Waals surface area contributed by atoms with Gasteiger partial charge in [-0.05, 0) is 39.3 Å². The zero-order valence-corrected chi connectivity index (χ0v) is 14.5. The van der Waals surface area contributed by atoms with Crippen molar-refractivity contribution in [3.63, 3.8) is 0 Å². The molecule has 2 N–H and O–H groups in total. The maximum absolute atomic E-state index is 6.76. The highest BCUT2D eigenvalue weighted by atomic mass is 35.5.